The van der Waals surface area contributed by atoms with Crippen molar-refractivity contribution in [3.8, 4) is 0 Å². The molecule has 2 aliphatic heterocycles. The molecule has 1 aromatic heterocycles. The van der Waals surface area contributed by atoms with Gasteiger partial charge in [0.15, 0.2) is 12.1 Å². The summed E-state index contributed by atoms with van der Waals surface area (Å²) in [5.41, 5.74) is 4.43. The summed E-state index contributed by atoms with van der Waals surface area (Å²) in [6, 6.07) is -1.03. The second-order valence-electron chi connectivity index (χ2n) is 7.78. The minimum atomic E-state index is -5.22. The Morgan fingerprint density at radius 3 is 2.53 bits per heavy atom. The third-order valence-corrected chi connectivity index (χ3v) is 7.72. The van der Waals surface area contributed by atoms with Crippen LogP contribution in [-0.2, 0) is 36.8 Å². The van der Waals surface area contributed by atoms with Crippen LogP contribution in [-0.4, -0.2) is 67.5 Å². The summed E-state index contributed by atoms with van der Waals surface area (Å²) in [7, 11) is -10.4. The number of H-pyrrole nitrogens is 1. The lowest BCUT2D eigenvalue weighted by Crippen LogP contribution is -2.48. The van der Waals surface area contributed by atoms with Gasteiger partial charge in [-0.1, -0.05) is 0 Å². The van der Waals surface area contributed by atoms with Crippen molar-refractivity contribution in [1.82, 2.24) is 9.55 Å². The minimum absolute atomic E-state index is 0.117. The van der Waals surface area contributed by atoms with Crippen molar-refractivity contribution in [3.05, 3.63) is 32.6 Å². The Bertz CT molecular complexity index is 1120. The Morgan fingerprint density at radius 1 is 1.21 bits per heavy atom. The maximum absolute atomic E-state index is 12.2. The molecule has 0 radical (unpaired) electrons. The van der Waals surface area contributed by atoms with Gasteiger partial charge in [0.05, 0.1) is 18.8 Å². The van der Waals surface area contributed by atoms with Gasteiger partial charge in [-0.2, -0.15) is 4.31 Å². The summed E-state index contributed by atoms with van der Waals surface area (Å²) < 4.78 is 49.4. The molecule has 3 rings (SSSR count). The van der Waals surface area contributed by atoms with Gasteiger partial charge < -0.3 is 30.1 Å². The molecule has 18 heteroatoms. The van der Waals surface area contributed by atoms with Crippen molar-refractivity contribution in [1.29, 1.82) is 0 Å². The monoisotopic (exact) mass is 529 g/mol. The van der Waals surface area contributed by atoms with Crippen LogP contribution in [0.5, 0.6) is 0 Å². The first-order chi connectivity index (χ1) is 15.7. The first-order valence-corrected chi connectivity index (χ1v) is 13.0. The second kappa shape index (κ2) is 10.2. The molecular formula is C16H25N3O13P2. The highest BCUT2D eigenvalue weighted by Gasteiger charge is 2.43. The third kappa shape index (κ3) is 6.56. The molecule has 2 aliphatic rings. The molecule has 192 valence electrons. The first-order valence-electron chi connectivity index (χ1n) is 9.97. The van der Waals surface area contributed by atoms with E-state index in [4.69, 9.17) is 15.2 Å². The molecule has 2 saturated heterocycles. The van der Waals surface area contributed by atoms with E-state index in [9.17, 15) is 38.4 Å². The van der Waals surface area contributed by atoms with Crippen molar-refractivity contribution in [3.63, 3.8) is 0 Å². The van der Waals surface area contributed by atoms with Crippen LogP contribution in [0.3, 0.4) is 0 Å². The van der Waals surface area contributed by atoms with Gasteiger partial charge in [0.1, 0.15) is 18.4 Å². The molecular weight excluding hydrogens is 504 g/mol. The number of aromatic nitrogens is 2. The Labute approximate surface area is 191 Å². The van der Waals surface area contributed by atoms with Gasteiger partial charge >= 0.3 is 21.3 Å². The highest BCUT2D eigenvalue weighted by Crippen LogP contribution is 2.61. The number of ether oxygens (including phenoxy) is 2. The van der Waals surface area contributed by atoms with Crippen molar-refractivity contribution < 1.29 is 51.6 Å². The fourth-order valence-electron chi connectivity index (χ4n) is 3.37. The molecule has 0 aliphatic carbocycles. The number of carbonyl (C=O) groups excluding carboxylic acids is 1. The van der Waals surface area contributed by atoms with E-state index < -0.39 is 76.2 Å². The number of nitrogens with one attached hydrogen (secondary N) is 1. The standard InChI is InChI=1S/C16H25N3O13P2/c1-7-5-19(16(23)18-15(7)22)12-4-10(20)11(30-12)6-28-33(24,25)32-34(26,27)31-13-3-9(17)14(21)8(2)29-13/h5,8-13,20H,3-4,6,17H2,1-2H3,(H,24,25)(H,26,27)(H,18,22,23)/t8-,9-,10+,11-,12-,13?/m1/s1. The molecule has 16 nitrogen and oxygen atoms in total. The molecule has 8 atom stereocenters. The van der Waals surface area contributed by atoms with E-state index in [0.717, 1.165) is 4.57 Å². The summed E-state index contributed by atoms with van der Waals surface area (Å²) in [5.74, 6) is -0.447. The van der Waals surface area contributed by atoms with Gasteiger partial charge in [-0.05, 0) is 13.8 Å². The van der Waals surface area contributed by atoms with E-state index in [0.29, 0.717) is 0 Å². The number of Topliss-reactive ketones (excluding diaryl/α,β-unsaturated/α-hetero) is 1. The lowest BCUT2D eigenvalue weighted by molar-refractivity contribution is -0.171. The highest BCUT2D eigenvalue weighted by molar-refractivity contribution is 7.61. The van der Waals surface area contributed by atoms with Gasteiger partial charge in [-0.3, -0.25) is 28.2 Å². The lowest BCUT2D eigenvalue weighted by Gasteiger charge is -2.31. The number of hydrogen-bond donors (Lipinski definition) is 5. The van der Waals surface area contributed by atoms with E-state index in [1.54, 1.807) is 0 Å². The molecule has 3 heterocycles. The molecule has 6 N–H and O–H groups in total. The van der Waals surface area contributed by atoms with Gasteiger partial charge in [-0.15, -0.1) is 0 Å². The van der Waals surface area contributed by atoms with Crippen LogP contribution in [0.25, 0.3) is 0 Å². The molecule has 2 fully saturated rings. The molecule has 0 saturated carbocycles. The zero-order valence-corrected chi connectivity index (χ0v) is 19.8. The molecule has 0 amide bonds. The van der Waals surface area contributed by atoms with Crippen molar-refractivity contribution in [2.45, 2.75) is 63.6 Å². The number of aryl methyl sites for hydroxylation is 1. The number of aliphatic hydroxyl groups is 1. The molecule has 1 aromatic rings. The summed E-state index contributed by atoms with van der Waals surface area (Å²) in [6.45, 7) is 2.04. The number of rotatable bonds is 8. The molecule has 3 unspecified atom stereocenters. The number of hydrogen-bond acceptors (Lipinski definition) is 12. The van der Waals surface area contributed by atoms with E-state index in [2.05, 4.69) is 18.3 Å². The maximum Gasteiger partial charge on any atom is 0.483 e. The van der Waals surface area contributed by atoms with E-state index in [1.807, 2.05) is 0 Å². The largest absolute Gasteiger partial charge is 0.483 e. The van der Waals surface area contributed by atoms with Crippen LogP contribution < -0.4 is 17.0 Å². The van der Waals surface area contributed by atoms with Gasteiger partial charge in [0.2, 0.25) is 0 Å². The minimum Gasteiger partial charge on any atom is -0.390 e. The number of carbonyl (C=O) groups is 1. The smallest absolute Gasteiger partial charge is 0.390 e. The van der Waals surface area contributed by atoms with Crippen molar-refractivity contribution >= 4 is 21.4 Å². The van der Waals surface area contributed by atoms with Gasteiger partial charge in [0.25, 0.3) is 5.56 Å². The average molecular weight is 529 g/mol. The first kappa shape index (κ1) is 27.0. The van der Waals surface area contributed by atoms with Gasteiger partial charge in [-0.25, -0.2) is 13.9 Å². The lowest BCUT2D eigenvalue weighted by atomic mass is 10.0. The summed E-state index contributed by atoms with van der Waals surface area (Å²) >= 11 is 0. The number of aromatic amines is 1. The van der Waals surface area contributed by atoms with Crippen LogP contribution in [0.4, 0.5) is 0 Å². The van der Waals surface area contributed by atoms with Crippen LogP contribution in [0.2, 0.25) is 0 Å². The Hall–Kier alpha value is -1.55. The van der Waals surface area contributed by atoms with Gasteiger partial charge in [0, 0.05) is 24.6 Å². The molecule has 34 heavy (non-hydrogen) atoms. The fourth-order valence-corrected chi connectivity index (χ4v) is 5.52. The number of nitrogens with two attached hydrogens (primary N) is 1. The summed E-state index contributed by atoms with van der Waals surface area (Å²) in [5, 5.41) is 10.2. The van der Waals surface area contributed by atoms with Crippen molar-refractivity contribution in [2.24, 2.45) is 5.73 Å². The Kier molecular flexibility index (Phi) is 8.12. The topological polar surface area (TPSA) is 239 Å². The number of nitrogens with zero attached hydrogens (tertiary/aromatic N) is 1. The maximum atomic E-state index is 12.2. The number of phosphoric acid groups is 2. The Balaban J connectivity index is 1.57. The van der Waals surface area contributed by atoms with E-state index in [-0.39, 0.29) is 18.4 Å². The van der Waals surface area contributed by atoms with Crippen LogP contribution in [0, 0.1) is 6.92 Å². The van der Waals surface area contributed by atoms with Crippen LogP contribution in [0.15, 0.2) is 15.8 Å². The predicted molar refractivity (Wildman–Crippen MR) is 110 cm³/mol. The van der Waals surface area contributed by atoms with Crippen LogP contribution >= 0.6 is 15.6 Å². The third-order valence-electron chi connectivity index (χ3n) is 5.09. The summed E-state index contributed by atoms with van der Waals surface area (Å²) in [6.07, 6.45) is -5.16. The highest BCUT2D eigenvalue weighted by atomic mass is 31.3. The number of aliphatic hydroxyl groups excluding tert-OH is 1. The molecule has 0 spiro atoms. The second-order valence-corrected chi connectivity index (χ2v) is 10.8. The normalized spacial score (nSPS) is 33.4. The van der Waals surface area contributed by atoms with Crippen LogP contribution in [0.1, 0.15) is 31.6 Å². The quantitative estimate of drug-likeness (QED) is 0.248. The molecule has 0 aromatic carbocycles. The Morgan fingerprint density at radius 2 is 1.88 bits per heavy atom. The van der Waals surface area contributed by atoms with Crippen molar-refractivity contribution in [2.75, 3.05) is 6.61 Å². The predicted octanol–water partition coefficient (Wildman–Crippen LogP) is -1.22. The van der Waals surface area contributed by atoms with E-state index >= 15 is 0 Å². The van der Waals surface area contributed by atoms with E-state index in [1.165, 1.54) is 20.0 Å². The number of phosphoric ester groups is 2. The fraction of sp³-hybridized carbons (Fsp3) is 0.688. The number of ketones is 1. The zero-order chi connectivity index (χ0) is 25.4. The SMILES string of the molecule is Cc1cn([C@H]2C[C@H](O)[C@@H](COP(=O)(O)OP(=O)(O)OC3C[C@@H](N)C(=O)[C@@H](C)O3)O2)c(=O)[nH]c1=O. The summed E-state index contributed by atoms with van der Waals surface area (Å²) in [4.78, 5) is 56.8. The molecule has 0 bridgehead atoms. The zero-order valence-electron chi connectivity index (χ0n) is 18.0. The average Bonchev–Trinajstić information content (AvgIpc) is 3.06.